The first kappa shape index (κ1) is 21.2. The molecule has 0 aromatic heterocycles. The normalized spacial score (nSPS) is 13.6. The third kappa shape index (κ3) is 5.05. The number of alkyl halides is 3. The van der Waals surface area contributed by atoms with Crippen molar-refractivity contribution >= 4 is 41.0 Å². The van der Waals surface area contributed by atoms with Crippen LogP contribution in [-0.2, 0) is 14.3 Å². The summed E-state index contributed by atoms with van der Waals surface area (Å²) in [6, 6.07) is 3.44. The Kier molecular flexibility index (Phi) is 7.18. The number of nitrogens with one attached hydrogen (secondary N) is 2. The molecule has 6 nitrogen and oxygen atoms in total. The minimum atomic E-state index is -5.27. The van der Waals surface area contributed by atoms with Gasteiger partial charge < -0.3 is 14.8 Å². The van der Waals surface area contributed by atoms with Crippen LogP contribution in [0, 0.1) is 0 Å². The minimum Gasteiger partial charge on any atom is -0.463 e. The Morgan fingerprint density at radius 2 is 1.68 bits per heavy atom. The van der Waals surface area contributed by atoms with E-state index in [9.17, 15) is 22.8 Å². The van der Waals surface area contributed by atoms with E-state index in [0.29, 0.717) is 0 Å². The average molecular weight is 403 g/mol. The van der Waals surface area contributed by atoms with Gasteiger partial charge in [0.05, 0.1) is 23.3 Å². The highest BCUT2D eigenvalue weighted by molar-refractivity contribution is 6.42. The van der Waals surface area contributed by atoms with E-state index in [1.54, 1.807) is 0 Å². The molecular formula is C14H15Cl2F3N2O4. The molecule has 0 unspecified atom stereocenters. The molecule has 0 spiro atoms. The summed E-state index contributed by atoms with van der Waals surface area (Å²) in [5.74, 6) is -1.76. The fourth-order valence-electron chi connectivity index (χ4n) is 1.74. The lowest BCUT2D eigenvalue weighted by Crippen LogP contribution is -2.69. The summed E-state index contributed by atoms with van der Waals surface area (Å²) in [5.41, 5.74) is -3.80. The fraction of sp³-hybridized carbons (Fsp3) is 0.429. The zero-order valence-electron chi connectivity index (χ0n) is 13.2. The molecule has 1 rings (SSSR count). The van der Waals surface area contributed by atoms with E-state index < -0.39 is 23.9 Å². The van der Waals surface area contributed by atoms with Gasteiger partial charge in [0, 0.05) is 5.69 Å². The van der Waals surface area contributed by atoms with E-state index in [1.807, 2.05) is 5.32 Å². The van der Waals surface area contributed by atoms with Crippen molar-refractivity contribution in [1.29, 1.82) is 0 Å². The first-order valence-electron chi connectivity index (χ1n) is 6.99. The lowest BCUT2D eigenvalue weighted by molar-refractivity contribution is -0.205. The maximum absolute atomic E-state index is 13.7. The van der Waals surface area contributed by atoms with Crippen molar-refractivity contribution in [3.05, 3.63) is 28.2 Å². The van der Waals surface area contributed by atoms with Crippen molar-refractivity contribution in [3.63, 3.8) is 0 Å². The molecule has 0 saturated heterocycles. The van der Waals surface area contributed by atoms with E-state index in [4.69, 9.17) is 23.2 Å². The van der Waals surface area contributed by atoms with Gasteiger partial charge in [0.2, 0.25) is 0 Å². The number of hydrogen-bond donors (Lipinski definition) is 2. The number of halogens is 5. The second-order valence-electron chi connectivity index (χ2n) is 4.57. The lowest BCUT2D eigenvalue weighted by atomic mass is 10.1. The maximum Gasteiger partial charge on any atom is 0.442 e. The molecule has 11 heteroatoms. The molecule has 0 heterocycles. The Hall–Kier alpha value is -1.87. The van der Waals surface area contributed by atoms with E-state index in [-0.39, 0.29) is 28.9 Å². The van der Waals surface area contributed by atoms with Crippen LogP contribution in [0.15, 0.2) is 18.2 Å². The van der Waals surface area contributed by atoms with Crippen LogP contribution >= 0.6 is 23.2 Å². The van der Waals surface area contributed by atoms with Crippen LogP contribution in [0.2, 0.25) is 10.0 Å². The second-order valence-corrected chi connectivity index (χ2v) is 5.38. The second kappa shape index (κ2) is 8.48. The van der Waals surface area contributed by atoms with Crippen LogP contribution in [0.25, 0.3) is 0 Å². The number of carbonyl (C=O) groups is 2. The third-order valence-electron chi connectivity index (χ3n) is 2.82. The lowest BCUT2D eigenvalue weighted by Gasteiger charge is -2.34. The molecule has 0 aliphatic rings. The predicted octanol–water partition coefficient (Wildman–Crippen LogP) is 3.97. The van der Waals surface area contributed by atoms with Gasteiger partial charge in [-0.05, 0) is 32.0 Å². The van der Waals surface area contributed by atoms with Crippen LogP contribution in [0.5, 0.6) is 0 Å². The number of hydrogen-bond acceptors (Lipinski definition) is 5. The Morgan fingerprint density at radius 1 is 1.08 bits per heavy atom. The number of carbonyl (C=O) groups excluding carboxylic acids is 2. The minimum absolute atomic E-state index is 0.0530. The zero-order valence-corrected chi connectivity index (χ0v) is 14.7. The number of alkyl carbamates (subject to hydrolysis) is 1. The van der Waals surface area contributed by atoms with Gasteiger partial charge in [0.1, 0.15) is 0 Å². The number of rotatable bonds is 6. The molecule has 25 heavy (non-hydrogen) atoms. The van der Waals surface area contributed by atoms with Gasteiger partial charge in [-0.2, -0.15) is 13.2 Å². The number of benzene rings is 1. The molecule has 0 fully saturated rings. The zero-order chi connectivity index (χ0) is 19.3. The molecule has 140 valence electrons. The molecule has 0 bridgehead atoms. The quantitative estimate of drug-likeness (QED) is 0.555. The molecule has 1 amide bonds. The molecule has 0 saturated carbocycles. The predicted molar refractivity (Wildman–Crippen MR) is 85.7 cm³/mol. The molecule has 2 N–H and O–H groups in total. The topological polar surface area (TPSA) is 76.7 Å². The van der Waals surface area contributed by atoms with E-state index in [0.717, 1.165) is 12.1 Å². The highest BCUT2D eigenvalue weighted by atomic mass is 35.5. The summed E-state index contributed by atoms with van der Waals surface area (Å²) >= 11 is 11.5. The highest BCUT2D eigenvalue weighted by Crippen LogP contribution is 2.35. The van der Waals surface area contributed by atoms with Gasteiger partial charge in [0.25, 0.3) is 0 Å². The average Bonchev–Trinajstić information content (AvgIpc) is 2.49. The Balaban J connectivity index is 3.37. The van der Waals surface area contributed by atoms with Crippen molar-refractivity contribution < 1.29 is 32.2 Å². The maximum atomic E-state index is 13.7. The van der Waals surface area contributed by atoms with E-state index in [2.05, 4.69) is 9.47 Å². The van der Waals surface area contributed by atoms with Crippen LogP contribution in [0.3, 0.4) is 0 Å². The monoisotopic (exact) mass is 402 g/mol. The number of esters is 1. The smallest absolute Gasteiger partial charge is 0.442 e. The third-order valence-corrected chi connectivity index (χ3v) is 3.56. The van der Waals surface area contributed by atoms with Gasteiger partial charge in [-0.1, -0.05) is 23.2 Å². The van der Waals surface area contributed by atoms with Crippen LogP contribution < -0.4 is 10.6 Å². The summed E-state index contributed by atoms with van der Waals surface area (Å²) in [6.45, 7) is 2.17. The van der Waals surface area contributed by atoms with Crippen molar-refractivity contribution in [2.24, 2.45) is 0 Å². The standard InChI is InChI=1S/C14H15Cl2F3N2O4/c1-3-24-11(22)13(14(17,18)19,21-12(23)25-4-2)20-8-5-6-9(15)10(16)7-8/h5-7,20H,3-4H2,1-2H3,(H,21,23)/t13-/m0/s1. The summed E-state index contributed by atoms with van der Waals surface area (Å²) in [6.07, 6.45) is -6.72. The van der Waals surface area contributed by atoms with Gasteiger partial charge in [-0.3, -0.25) is 5.32 Å². The Morgan fingerprint density at radius 3 is 2.16 bits per heavy atom. The first-order chi connectivity index (χ1) is 11.6. The number of anilines is 1. The number of ether oxygens (including phenoxy) is 2. The number of amides is 1. The van der Waals surface area contributed by atoms with Crippen molar-refractivity contribution in [1.82, 2.24) is 5.32 Å². The van der Waals surface area contributed by atoms with Gasteiger partial charge in [-0.25, -0.2) is 9.59 Å². The SMILES string of the molecule is CCOC(=O)N[C@@](Nc1ccc(Cl)c(Cl)c1)(C(=O)OCC)C(F)(F)F. The molecule has 1 aromatic carbocycles. The fourth-order valence-corrected chi connectivity index (χ4v) is 2.04. The molecular weight excluding hydrogens is 388 g/mol. The van der Waals surface area contributed by atoms with E-state index >= 15 is 0 Å². The van der Waals surface area contributed by atoms with E-state index in [1.165, 1.54) is 25.2 Å². The molecule has 0 aliphatic heterocycles. The molecule has 1 atom stereocenters. The highest BCUT2D eigenvalue weighted by Gasteiger charge is 2.64. The van der Waals surface area contributed by atoms with Crippen molar-refractivity contribution in [3.8, 4) is 0 Å². The molecule has 0 radical (unpaired) electrons. The summed E-state index contributed by atoms with van der Waals surface area (Å²) in [4.78, 5) is 23.7. The van der Waals surface area contributed by atoms with Gasteiger partial charge in [0.15, 0.2) is 0 Å². The van der Waals surface area contributed by atoms with Crippen molar-refractivity contribution in [2.45, 2.75) is 25.7 Å². The van der Waals surface area contributed by atoms with Crippen molar-refractivity contribution in [2.75, 3.05) is 18.5 Å². The molecule has 0 aliphatic carbocycles. The van der Waals surface area contributed by atoms with Gasteiger partial charge in [-0.15, -0.1) is 0 Å². The Bertz CT molecular complexity index is 643. The van der Waals surface area contributed by atoms with Gasteiger partial charge >= 0.3 is 23.9 Å². The Labute approximate surface area is 151 Å². The summed E-state index contributed by atoms with van der Waals surface area (Å²) < 4.78 is 50.1. The summed E-state index contributed by atoms with van der Waals surface area (Å²) in [5, 5.41) is 3.45. The van der Waals surface area contributed by atoms with Crippen LogP contribution in [0.4, 0.5) is 23.7 Å². The largest absolute Gasteiger partial charge is 0.463 e. The first-order valence-corrected chi connectivity index (χ1v) is 7.75. The molecule has 1 aromatic rings. The van der Waals surface area contributed by atoms with Crippen LogP contribution in [-0.4, -0.2) is 37.1 Å². The summed E-state index contributed by atoms with van der Waals surface area (Å²) in [7, 11) is 0. The van der Waals surface area contributed by atoms with Crippen LogP contribution in [0.1, 0.15) is 13.8 Å².